The first kappa shape index (κ1) is 13.4. The van der Waals surface area contributed by atoms with E-state index in [4.69, 9.17) is 0 Å². The van der Waals surface area contributed by atoms with E-state index in [-0.39, 0.29) is 0 Å². The van der Waals surface area contributed by atoms with Gasteiger partial charge in [-0.3, -0.25) is 4.98 Å². The number of aromatic nitrogens is 1. The molecule has 1 nitrogen and oxygen atoms in total. The van der Waals surface area contributed by atoms with Crippen LogP contribution in [0, 0.1) is 0 Å². The van der Waals surface area contributed by atoms with Crippen LogP contribution in [0.4, 0.5) is 0 Å². The van der Waals surface area contributed by atoms with E-state index in [1.165, 1.54) is 10.9 Å². The molecule has 0 radical (unpaired) electrons. The Kier molecular flexibility index (Phi) is 5.41. The monoisotopic (exact) mass is 227 g/mol. The van der Waals surface area contributed by atoms with Gasteiger partial charge in [0.1, 0.15) is 0 Å². The van der Waals surface area contributed by atoms with E-state index in [9.17, 15) is 0 Å². The number of aryl methyl sites for hydroxylation is 1. The molecule has 0 amide bonds. The smallest absolute Gasteiger partial charge is 0.0705 e. The Labute approximate surface area is 104 Å². The highest BCUT2D eigenvalue weighted by atomic mass is 14.7. The van der Waals surface area contributed by atoms with Gasteiger partial charge in [-0.15, -0.1) is 0 Å². The molecular formula is C16H21N. The summed E-state index contributed by atoms with van der Waals surface area (Å²) < 4.78 is 0. The van der Waals surface area contributed by atoms with Crippen LogP contribution in [-0.4, -0.2) is 4.98 Å². The van der Waals surface area contributed by atoms with Crippen molar-refractivity contribution in [3.63, 3.8) is 0 Å². The molecule has 0 aliphatic heterocycles. The quantitative estimate of drug-likeness (QED) is 0.714. The summed E-state index contributed by atoms with van der Waals surface area (Å²) in [6.07, 6.45) is 5.15. The minimum absolute atomic E-state index is 0.993. The molecule has 0 unspecified atom stereocenters. The fourth-order valence-corrected chi connectivity index (χ4v) is 1.68. The van der Waals surface area contributed by atoms with E-state index in [1.54, 1.807) is 0 Å². The predicted molar refractivity (Wildman–Crippen MR) is 77.2 cm³/mol. The summed E-state index contributed by atoms with van der Waals surface area (Å²) >= 11 is 0. The third-order valence-electron chi connectivity index (χ3n) is 2.49. The standard InChI is InChI=1S/C14H15N.C2H6/c1-3-5-11-6-9-14-12(10-11)7-8-13(4-2)15-14;1-2/h3,5-10H,4H2,1-2H3;1-2H3/b5-3+;. The van der Waals surface area contributed by atoms with Crippen LogP contribution in [0.25, 0.3) is 17.0 Å². The van der Waals surface area contributed by atoms with Gasteiger partial charge in [0, 0.05) is 11.1 Å². The van der Waals surface area contributed by atoms with Crippen molar-refractivity contribution in [1.82, 2.24) is 4.98 Å². The van der Waals surface area contributed by atoms with E-state index in [2.05, 4.69) is 54.4 Å². The molecular weight excluding hydrogens is 206 g/mol. The average molecular weight is 227 g/mol. The number of rotatable bonds is 2. The van der Waals surface area contributed by atoms with Crippen LogP contribution in [0.1, 0.15) is 39.0 Å². The predicted octanol–water partition coefficient (Wildman–Crippen LogP) is 4.86. The normalized spacial score (nSPS) is 10.4. The number of benzene rings is 1. The highest BCUT2D eigenvalue weighted by molar-refractivity contribution is 5.81. The van der Waals surface area contributed by atoms with Crippen LogP contribution in [0.5, 0.6) is 0 Å². The van der Waals surface area contributed by atoms with Gasteiger partial charge in [-0.2, -0.15) is 0 Å². The van der Waals surface area contributed by atoms with Crippen LogP contribution in [0.2, 0.25) is 0 Å². The van der Waals surface area contributed by atoms with Gasteiger partial charge < -0.3 is 0 Å². The van der Waals surface area contributed by atoms with Crippen LogP contribution in [0.3, 0.4) is 0 Å². The Hall–Kier alpha value is -1.63. The van der Waals surface area contributed by atoms with Gasteiger partial charge in [0.15, 0.2) is 0 Å². The molecule has 0 fully saturated rings. The van der Waals surface area contributed by atoms with Crippen molar-refractivity contribution in [3.05, 3.63) is 47.7 Å². The zero-order valence-electron chi connectivity index (χ0n) is 11.2. The number of allylic oxidation sites excluding steroid dienone is 1. The molecule has 2 rings (SSSR count). The van der Waals surface area contributed by atoms with Crippen LogP contribution >= 0.6 is 0 Å². The molecule has 1 aromatic carbocycles. The van der Waals surface area contributed by atoms with E-state index in [0.717, 1.165) is 17.6 Å². The van der Waals surface area contributed by atoms with E-state index >= 15 is 0 Å². The maximum absolute atomic E-state index is 4.57. The number of pyridine rings is 1. The number of fused-ring (bicyclic) bond motifs is 1. The fraction of sp³-hybridized carbons (Fsp3) is 0.312. The first-order valence-electron chi connectivity index (χ1n) is 6.36. The summed E-state index contributed by atoms with van der Waals surface area (Å²) in [4.78, 5) is 4.57. The second-order valence-electron chi connectivity index (χ2n) is 3.61. The molecule has 2 aromatic rings. The molecule has 0 aliphatic carbocycles. The van der Waals surface area contributed by atoms with Crippen molar-refractivity contribution in [2.75, 3.05) is 0 Å². The largest absolute Gasteiger partial charge is 0.253 e. The van der Waals surface area contributed by atoms with Crippen molar-refractivity contribution < 1.29 is 0 Å². The molecule has 0 atom stereocenters. The van der Waals surface area contributed by atoms with Gasteiger partial charge in [0.05, 0.1) is 5.52 Å². The Morgan fingerprint density at radius 2 is 1.88 bits per heavy atom. The molecule has 0 saturated heterocycles. The maximum atomic E-state index is 4.57. The lowest BCUT2D eigenvalue weighted by Gasteiger charge is -2.01. The Morgan fingerprint density at radius 3 is 2.53 bits per heavy atom. The lowest BCUT2D eigenvalue weighted by atomic mass is 10.1. The fourth-order valence-electron chi connectivity index (χ4n) is 1.68. The van der Waals surface area contributed by atoms with E-state index in [0.29, 0.717) is 0 Å². The van der Waals surface area contributed by atoms with Crippen LogP contribution in [0.15, 0.2) is 36.4 Å². The summed E-state index contributed by atoms with van der Waals surface area (Å²) in [6, 6.07) is 10.6. The van der Waals surface area contributed by atoms with Crippen molar-refractivity contribution in [2.45, 2.75) is 34.1 Å². The van der Waals surface area contributed by atoms with Crippen molar-refractivity contribution >= 4 is 17.0 Å². The van der Waals surface area contributed by atoms with E-state index in [1.807, 2.05) is 20.8 Å². The minimum Gasteiger partial charge on any atom is -0.253 e. The number of nitrogens with zero attached hydrogens (tertiary/aromatic N) is 1. The second kappa shape index (κ2) is 6.85. The molecule has 1 aromatic heterocycles. The molecule has 0 aliphatic rings. The maximum Gasteiger partial charge on any atom is 0.0705 e. The summed E-state index contributed by atoms with van der Waals surface area (Å²) in [5.74, 6) is 0. The van der Waals surface area contributed by atoms with Gasteiger partial charge in [-0.1, -0.05) is 45.1 Å². The molecule has 17 heavy (non-hydrogen) atoms. The van der Waals surface area contributed by atoms with E-state index < -0.39 is 0 Å². The molecule has 0 N–H and O–H groups in total. The SMILES string of the molecule is C/C=C/c1ccc2nc(CC)ccc2c1.CC. The lowest BCUT2D eigenvalue weighted by Crippen LogP contribution is -1.87. The van der Waals surface area contributed by atoms with Crippen LogP contribution in [-0.2, 0) is 6.42 Å². The first-order valence-corrected chi connectivity index (χ1v) is 6.36. The van der Waals surface area contributed by atoms with Gasteiger partial charge in [0.25, 0.3) is 0 Å². The first-order chi connectivity index (χ1) is 8.33. The second-order valence-corrected chi connectivity index (χ2v) is 3.61. The van der Waals surface area contributed by atoms with Gasteiger partial charge >= 0.3 is 0 Å². The summed E-state index contributed by atoms with van der Waals surface area (Å²) in [7, 11) is 0. The van der Waals surface area contributed by atoms with Crippen molar-refractivity contribution in [1.29, 1.82) is 0 Å². The van der Waals surface area contributed by atoms with Gasteiger partial charge in [0.2, 0.25) is 0 Å². The summed E-state index contributed by atoms with van der Waals surface area (Å²) in [5.41, 5.74) is 3.47. The highest BCUT2D eigenvalue weighted by Gasteiger charge is 1.97. The third kappa shape index (κ3) is 3.42. The molecule has 0 bridgehead atoms. The zero-order chi connectivity index (χ0) is 12.7. The van der Waals surface area contributed by atoms with Gasteiger partial charge in [-0.05, 0) is 37.1 Å². The minimum atomic E-state index is 0.993. The zero-order valence-corrected chi connectivity index (χ0v) is 11.2. The third-order valence-corrected chi connectivity index (χ3v) is 2.49. The summed E-state index contributed by atoms with van der Waals surface area (Å²) in [6.45, 7) is 8.16. The molecule has 1 heteroatoms. The average Bonchev–Trinajstić information content (AvgIpc) is 2.41. The number of hydrogen-bond acceptors (Lipinski definition) is 1. The highest BCUT2D eigenvalue weighted by Crippen LogP contribution is 2.16. The number of hydrogen-bond donors (Lipinski definition) is 0. The molecule has 1 heterocycles. The Balaban J connectivity index is 0.000000686. The topological polar surface area (TPSA) is 12.9 Å². The Bertz CT molecular complexity index is 498. The lowest BCUT2D eigenvalue weighted by molar-refractivity contribution is 1.06. The van der Waals surface area contributed by atoms with Crippen molar-refractivity contribution in [3.8, 4) is 0 Å². The van der Waals surface area contributed by atoms with Crippen LogP contribution < -0.4 is 0 Å². The molecule has 0 spiro atoms. The summed E-state index contributed by atoms with van der Waals surface area (Å²) in [5, 5.41) is 1.21. The molecule has 0 saturated carbocycles. The van der Waals surface area contributed by atoms with Crippen molar-refractivity contribution in [2.24, 2.45) is 0 Å². The Morgan fingerprint density at radius 1 is 1.12 bits per heavy atom. The van der Waals surface area contributed by atoms with Gasteiger partial charge in [-0.25, -0.2) is 0 Å². The molecule has 90 valence electrons.